The average Bonchev–Trinajstić information content (AvgIpc) is 3.38. The normalized spacial score (nSPS) is 22.6. The number of aryl methyl sites for hydroxylation is 1. The Labute approximate surface area is 164 Å². The molecule has 5 rings (SSSR count). The first-order valence-corrected chi connectivity index (χ1v) is 9.80. The number of carbonyl (C=O) groups is 1. The molecule has 1 amide bonds. The van der Waals surface area contributed by atoms with Crippen molar-refractivity contribution >= 4 is 17.4 Å². The van der Waals surface area contributed by atoms with E-state index < -0.39 is 0 Å². The fraction of sp³-hybridized carbons (Fsp3) is 0.409. The van der Waals surface area contributed by atoms with Crippen molar-refractivity contribution in [1.29, 1.82) is 0 Å². The molecular weight excluding hydrogens is 352 g/mol. The van der Waals surface area contributed by atoms with Gasteiger partial charge in [-0.3, -0.25) is 14.7 Å². The first kappa shape index (κ1) is 17.2. The Morgan fingerprint density at radius 2 is 2.18 bits per heavy atom. The number of nitrogens with zero attached hydrogens (tertiary/aromatic N) is 4. The molecule has 0 radical (unpaired) electrons. The molecule has 2 aromatic rings. The maximum Gasteiger partial charge on any atom is 0.304 e. The molecule has 2 bridgehead atoms. The van der Waals surface area contributed by atoms with Gasteiger partial charge in [-0.2, -0.15) is 0 Å². The largest absolute Gasteiger partial charge is 0.380 e. The number of pyridine rings is 2. The molecule has 2 atom stereocenters. The molecule has 2 saturated heterocycles. The Kier molecular flexibility index (Phi) is 4.25. The Morgan fingerprint density at radius 1 is 1.25 bits per heavy atom. The summed E-state index contributed by atoms with van der Waals surface area (Å²) in [7, 11) is 0. The summed E-state index contributed by atoms with van der Waals surface area (Å²) in [6.45, 7) is 5.10. The van der Waals surface area contributed by atoms with Gasteiger partial charge < -0.3 is 9.64 Å². The lowest BCUT2D eigenvalue weighted by Crippen LogP contribution is -2.46. The highest BCUT2D eigenvalue weighted by atomic mass is 16.5. The summed E-state index contributed by atoms with van der Waals surface area (Å²) in [5.41, 5.74) is 3.75. The molecule has 3 aliphatic heterocycles. The van der Waals surface area contributed by atoms with Crippen LogP contribution in [0.15, 0.2) is 30.5 Å². The highest BCUT2D eigenvalue weighted by Gasteiger charge is 2.39. The van der Waals surface area contributed by atoms with E-state index in [1.165, 1.54) is 0 Å². The predicted molar refractivity (Wildman–Crippen MR) is 107 cm³/mol. The van der Waals surface area contributed by atoms with E-state index in [0.29, 0.717) is 12.4 Å². The molecule has 3 aliphatic rings. The Hall–Kier alpha value is -2.91. The highest BCUT2D eigenvalue weighted by Crippen LogP contribution is 2.40. The summed E-state index contributed by atoms with van der Waals surface area (Å²) in [5.74, 6) is 6.69. The van der Waals surface area contributed by atoms with Crippen molar-refractivity contribution < 1.29 is 9.53 Å². The topological polar surface area (TPSA) is 58.6 Å². The van der Waals surface area contributed by atoms with Crippen LogP contribution < -0.4 is 9.80 Å². The maximum absolute atomic E-state index is 13.0. The lowest BCUT2D eigenvalue weighted by molar-refractivity contribution is -0.113. The van der Waals surface area contributed by atoms with Crippen molar-refractivity contribution in [2.24, 2.45) is 5.92 Å². The molecule has 0 aliphatic carbocycles. The van der Waals surface area contributed by atoms with Gasteiger partial charge in [0.2, 0.25) is 0 Å². The van der Waals surface area contributed by atoms with Crippen molar-refractivity contribution in [2.75, 3.05) is 36.1 Å². The van der Waals surface area contributed by atoms with Crippen molar-refractivity contribution in [1.82, 2.24) is 9.97 Å². The van der Waals surface area contributed by atoms with E-state index in [1.807, 2.05) is 36.2 Å². The van der Waals surface area contributed by atoms with Crippen LogP contribution in [0.5, 0.6) is 0 Å². The molecular formula is C22H22N4O2. The van der Waals surface area contributed by atoms with Crippen LogP contribution in [0.3, 0.4) is 0 Å². The second kappa shape index (κ2) is 6.92. The molecule has 2 aromatic heterocycles. The van der Waals surface area contributed by atoms with Gasteiger partial charge in [0, 0.05) is 43.1 Å². The van der Waals surface area contributed by atoms with Gasteiger partial charge in [-0.25, -0.2) is 4.98 Å². The second-order valence-electron chi connectivity index (χ2n) is 7.62. The van der Waals surface area contributed by atoms with Crippen LogP contribution in [0.1, 0.15) is 18.5 Å². The SMILES string of the molecule is Cc1ccc(-c2ccc3c(n2)N(C(=O)C#CC2CCOC2)C2CCN3C2)cn1. The fourth-order valence-electron chi connectivity index (χ4n) is 4.12. The fourth-order valence-corrected chi connectivity index (χ4v) is 4.12. The minimum atomic E-state index is -0.161. The first-order chi connectivity index (χ1) is 13.7. The molecule has 6 heteroatoms. The van der Waals surface area contributed by atoms with Crippen LogP contribution in [0, 0.1) is 24.7 Å². The van der Waals surface area contributed by atoms with E-state index in [4.69, 9.17) is 9.72 Å². The molecule has 0 N–H and O–H groups in total. The van der Waals surface area contributed by atoms with E-state index in [1.54, 1.807) is 0 Å². The minimum Gasteiger partial charge on any atom is -0.380 e. The zero-order valence-electron chi connectivity index (χ0n) is 15.9. The Balaban J connectivity index is 1.51. The molecule has 6 nitrogen and oxygen atoms in total. The number of ether oxygens (including phenoxy) is 1. The van der Waals surface area contributed by atoms with E-state index in [2.05, 4.69) is 27.8 Å². The standard InChI is InChI=1S/C22H22N4O2/c1-15-2-4-17(12-23-15)19-5-6-20-22(24-19)26(18-8-10-25(20)13-18)21(27)7-3-16-9-11-28-14-16/h2,4-6,12,16,18H,8-11,13-14H2,1H3. The summed E-state index contributed by atoms with van der Waals surface area (Å²) in [6, 6.07) is 8.20. The third-order valence-corrected chi connectivity index (χ3v) is 5.69. The zero-order chi connectivity index (χ0) is 19.1. The van der Waals surface area contributed by atoms with Crippen LogP contribution in [-0.4, -0.2) is 48.2 Å². The third-order valence-electron chi connectivity index (χ3n) is 5.69. The summed E-state index contributed by atoms with van der Waals surface area (Å²) in [5, 5.41) is 0. The van der Waals surface area contributed by atoms with Gasteiger partial charge in [-0.15, -0.1) is 0 Å². The molecule has 0 saturated carbocycles. The van der Waals surface area contributed by atoms with E-state index >= 15 is 0 Å². The van der Waals surface area contributed by atoms with Gasteiger partial charge in [-0.1, -0.05) is 5.92 Å². The van der Waals surface area contributed by atoms with Crippen LogP contribution in [0.4, 0.5) is 11.5 Å². The van der Waals surface area contributed by atoms with Crippen LogP contribution >= 0.6 is 0 Å². The molecule has 0 spiro atoms. The maximum atomic E-state index is 13.0. The number of anilines is 2. The van der Waals surface area contributed by atoms with Crippen LogP contribution in [0.25, 0.3) is 11.3 Å². The summed E-state index contributed by atoms with van der Waals surface area (Å²) in [6.07, 6.45) is 3.67. The molecule has 0 aromatic carbocycles. The third kappa shape index (κ3) is 3.02. The number of aromatic nitrogens is 2. The first-order valence-electron chi connectivity index (χ1n) is 9.80. The van der Waals surface area contributed by atoms with Gasteiger partial charge in [0.1, 0.15) is 0 Å². The molecule has 2 fully saturated rings. The molecule has 5 heterocycles. The van der Waals surface area contributed by atoms with E-state index in [0.717, 1.165) is 55.2 Å². The second-order valence-corrected chi connectivity index (χ2v) is 7.62. The number of rotatable bonds is 1. The number of hydrogen-bond donors (Lipinski definition) is 0. The monoisotopic (exact) mass is 374 g/mol. The Morgan fingerprint density at radius 3 is 2.96 bits per heavy atom. The van der Waals surface area contributed by atoms with E-state index in [9.17, 15) is 4.79 Å². The number of fused-ring (bicyclic) bond motifs is 4. The number of amides is 1. The average molecular weight is 374 g/mol. The Bertz CT molecular complexity index is 970. The predicted octanol–water partition coefficient (Wildman–Crippen LogP) is 2.42. The summed E-state index contributed by atoms with van der Waals surface area (Å²) in [4.78, 5) is 26.4. The van der Waals surface area contributed by atoms with Crippen molar-refractivity contribution in [3.8, 4) is 23.1 Å². The summed E-state index contributed by atoms with van der Waals surface area (Å²) >= 11 is 0. The van der Waals surface area contributed by atoms with Gasteiger partial charge >= 0.3 is 5.91 Å². The zero-order valence-corrected chi connectivity index (χ0v) is 15.9. The van der Waals surface area contributed by atoms with Crippen molar-refractivity contribution in [2.45, 2.75) is 25.8 Å². The molecule has 2 unspecified atom stereocenters. The van der Waals surface area contributed by atoms with Crippen LogP contribution in [-0.2, 0) is 9.53 Å². The minimum absolute atomic E-state index is 0.132. The van der Waals surface area contributed by atoms with E-state index in [-0.39, 0.29) is 17.9 Å². The smallest absolute Gasteiger partial charge is 0.304 e. The lowest BCUT2D eigenvalue weighted by Gasteiger charge is -2.34. The van der Waals surface area contributed by atoms with Gasteiger partial charge in [-0.05, 0) is 50.0 Å². The van der Waals surface area contributed by atoms with Crippen molar-refractivity contribution in [3.63, 3.8) is 0 Å². The van der Waals surface area contributed by atoms with Gasteiger partial charge in [0.05, 0.1) is 24.0 Å². The lowest BCUT2D eigenvalue weighted by atomic mass is 10.1. The molecule has 28 heavy (non-hydrogen) atoms. The quantitative estimate of drug-likeness (QED) is 0.718. The highest BCUT2D eigenvalue weighted by molar-refractivity contribution is 6.08. The number of carbonyl (C=O) groups excluding carboxylic acids is 1. The van der Waals surface area contributed by atoms with Gasteiger partial charge in [0.15, 0.2) is 5.82 Å². The van der Waals surface area contributed by atoms with Gasteiger partial charge in [0.25, 0.3) is 0 Å². The number of hydrogen-bond acceptors (Lipinski definition) is 5. The van der Waals surface area contributed by atoms with Crippen LogP contribution in [0.2, 0.25) is 0 Å². The summed E-state index contributed by atoms with van der Waals surface area (Å²) < 4.78 is 5.36. The van der Waals surface area contributed by atoms with Crippen molar-refractivity contribution in [3.05, 3.63) is 36.2 Å². The molecule has 142 valence electrons.